The Morgan fingerprint density at radius 2 is 1.77 bits per heavy atom. The van der Waals surface area contributed by atoms with E-state index in [2.05, 4.69) is 20.1 Å². The fourth-order valence-corrected chi connectivity index (χ4v) is 3.35. The van der Waals surface area contributed by atoms with Crippen LogP contribution in [0.1, 0.15) is 5.82 Å². The Kier molecular flexibility index (Phi) is 5.78. The summed E-state index contributed by atoms with van der Waals surface area (Å²) in [6.07, 6.45) is 3.59. The van der Waals surface area contributed by atoms with Crippen molar-refractivity contribution < 1.29 is 14.3 Å². The van der Waals surface area contributed by atoms with Crippen molar-refractivity contribution in [2.24, 2.45) is 0 Å². The molecule has 1 fully saturated rings. The zero-order chi connectivity index (χ0) is 20.9. The minimum atomic E-state index is -0.0329. The van der Waals surface area contributed by atoms with Crippen LogP contribution in [-0.2, 0) is 4.79 Å². The average molecular weight is 408 g/mol. The zero-order valence-electron chi connectivity index (χ0n) is 17.1. The number of nitrogens with zero attached hydrogens (tertiary/aromatic N) is 6. The second-order valence-corrected chi connectivity index (χ2v) is 6.93. The van der Waals surface area contributed by atoms with Gasteiger partial charge >= 0.3 is 0 Å². The van der Waals surface area contributed by atoms with Crippen LogP contribution in [0.3, 0.4) is 0 Å². The summed E-state index contributed by atoms with van der Waals surface area (Å²) in [4.78, 5) is 20.6. The first-order valence-electron chi connectivity index (χ1n) is 9.77. The van der Waals surface area contributed by atoms with E-state index in [1.807, 2.05) is 46.9 Å². The smallest absolute Gasteiger partial charge is 0.260 e. The lowest BCUT2D eigenvalue weighted by Crippen LogP contribution is -2.50. The van der Waals surface area contributed by atoms with Crippen molar-refractivity contribution in [3.63, 3.8) is 0 Å². The number of imidazole rings is 1. The molecule has 0 radical (unpaired) electrons. The summed E-state index contributed by atoms with van der Waals surface area (Å²) in [7, 11) is 1.60. The summed E-state index contributed by atoms with van der Waals surface area (Å²) in [5.74, 6) is 3.68. The van der Waals surface area contributed by atoms with Crippen LogP contribution in [0.2, 0.25) is 0 Å². The zero-order valence-corrected chi connectivity index (χ0v) is 17.1. The van der Waals surface area contributed by atoms with Crippen molar-refractivity contribution in [2.75, 3.05) is 44.8 Å². The molecule has 1 aliphatic rings. The van der Waals surface area contributed by atoms with Gasteiger partial charge in [-0.15, -0.1) is 10.2 Å². The lowest BCUT2D eigenvalue weighted by molar-refractivity contribution is -0.133. The standard InChI is InChI=1S/C21H24N6O3/c1-16-22-8-9-27(16)20-7-6-19(23-24-20)25-10-12-26(13-11-25)21(28)15-30-18-5-3-4-17(14-18)29-2/h3-9,14H,10-13,15H2,1-2H3. The molecule has 0 spiro atoms. The monoisotopic (exact) mass is 408 g/mol. The van der Waals surface area contributed by atoms with Crippen molar-refractivity contribution in [1.29, 1.82) is 0 Å². The molecule has 9 heteroatoms. The number of carbonyl (C=O) groups excluding carboxylic acids is 1. The van der Waals surface area contributed by atoms with E-state index in [9.17, 15) is 4.79 Å². The highest BCUT2D eigenvalue weighted by Gasteiger charge is 2.22. The van der Waals surface area contributed by atoms with Gasteiger partial charge in [0.25, 0.3) is 5.91 Å². The van der Waals surface area contributed by atoms with Gasteiger partial charge in [0.05, 0.1) is 7.11 Å². The summed E-state index contributed by atoms with van der Waals surface area (Å²) in [6.45, 7) is 4.55. The predicted molar refractivity (Wildman–Crippen MR) is 111 cm³/mol. The highest BCUT2D eigenvalue weighted by atomic mass is 16.5. The minimum Gasteiger partial charge on any atom is -0.497 e. The number of hydrogen-bond donors (Lipinski definition) is 0. The molecule has 156 valence electrons. The van der Waals surface area contributed by atoms with Crippen LogP contribution >= 0.6 is 0 Å². The van der Waals surface area contributed by atoms with Crippen LogP contribution < -0.4 is 14.4 Å². The Hall–Kier alpha value is -3.62. The molecule has 4 rings (SSSR count). The Morgan fingerprint density at radius 1 is 1.03 bits per heavy atom. The van der Waals surface area contributed by atoms with Gasteiger partial charge in [-0.1, -0.05) is 6.07 Å². The first kappa shape index (κ1) is 19.7. The van der Waals surface area contributed by atoms with E-state index in [1.54, 1.807) is 25.4 Å². The molecule has 0 unspecified atom stereocenters. The number of hydrogen-bond acceptors (Lipinski definition) is 7. The molecule has 3 heterocycles. The Labute approximate surface area is 174 Å². The summed E-state index contributed by atoms with van der Waals surface area (Å²) in [5, 5.41) is 8.66. The molecule has 1 saturated heterocycles. The SMILES string of the molecule is COc1cccc(OCC(=O)N2CCN(c3ccc(-n4ccnc4C)nn3)CC2)c1. The van der Waals surface area contributed by atoms with Gasteiger partial charge in [0, 0.05) is 44.6 Å². The van der Waals surface area contributed by atoms with Crippen molar-refractivity contribution in [3.05, 3.63) is 54.6 Å². The van der Waals surface area contributed by atoms with Gasteiger partial charge in [0.1, 0.15) is 17.3 Å². The maximum absolute atomic E-state index is 12.5. The Bertz CT molecular complexity index is 996. The lowest BCUT2D eigenvalue weighted by Gasteiger charge is -2.35. The van der Waals surface area contributed by atoms with Gasteiger partial charge < -0.3 is 19.3 Å². The van der Waals surface area contributed by atoms with Crippen molar-refractivity contribution in [3.8, 4) is 17.3 Å². The van der Waals surface area contributed by atoms with Gasteiger partial charge in [-0.3, -0.25) is 9.36 Å². The topological polar surface area (TPSA) is 85.6 Å². The molecule has 1 aromatic carbocycles. The Morgan fingerprint density at radius 3 is 2.43 bits per heavy atom. The summed E-state index contributed by atoms with van der Waals surface area (Å²) >= 11 is 0. The summed E-state index contributed by atoms with van der Waals surface area (Å²) in [6, 6.07) is 11.1. The van der Waals surface area contributed by atoms with Crippen molar-refractivity contribution in [2.45, 2.75) is 6.92 Å². The number of aromatic nitrogens is 4. The molecule has 1 amide bonds. The highest BCUT2D eigenvalue weighted by Crippen LogP contribution is 2.19. The molecule has 0 N–H and O–H groups in total. The van der Waals surface area contributed by atoms with E-state index in [0.717, 1.165) is 17.5 Å². The normalized spacial score (nSPS) is 13.9. The van der Waals surface area contributed by atoms with Crippen LogP contribution in [0.5, 0.6) is 11.5 Å². The van der Waals surface area contributed by atoms with E-state index >= 15 is 0 Å². The van der Waals surface area contributed by atoms with Crippen LogP contribution in [0.4, 0.5) is 5.82 Å². The van der Waals surface area contributed by atoms with Crippen molar-refractivity contribution >= 4 is 11.7 Å². The van der Waals surface area contributed by atoms with Crippen molar-refractivity contribution in [1.82, 2.24) is 24.6 Å². The third kappa shape index (κ3) is 4.35. The maximum atomic E-state index is 12.5. The maximum Gasteiger partial charge on any atom is 0.260 e. The quantitative estimate of drug-likeness (QED) is 0.614. The predicted octanol–water partition coefficient (Wildman–Crippen LogP) is 1.71. The fraction of sp³-hybridized carbons (Fsp3) is 0.333. The van der Waals surface area contributed by atoms with E-state index < -0.39 is 0 Å². The summed E-state index contributed by atoms with van der Waals surface area (Å²) in [5.41, 5.74) is 0. The largest absolute Gasteiger partial charge is 0.497 e. The van der Waals surface area contributed by atoms with E-state index in [4.69, 9.17) is 9.47 Å². The average Bonchev–Trinajstić information content (AvgIpc) is 3.23. The number of methoxy groups -OCH3 is 1. The number of carbonyl (C=O) groups is 1. The van der Waals surface area contributed by atoms with E-state index in [-0.39, 0.29) is 12.5 Å². The number of benzene rings is 1. The van der Waals surface area contributed by atoms with Gasteiger partial charge in [-0.05, 0) is 31.2 Å². The van der Waals surface area contributed by atoms with Crippen LogP contribution in [0.15, 0.2) is 48.8 Å². The van der Waals surface area contributed by atoms with Gasteiger partial charge in [0.15, 0.2) is 18.2 Å². The van der Waals surface area contributed by atoms with Gasteiger partial charge in [-0.2, -0.15) is 0 Å². The number of amides is 1. The second kappa shape index (κ2) is 8.81. The number of rotatable bonds is 6. The molecule has 9 nitrogen and oxygen atoms in total. The minimum absolute atomic E-state index is 0.00588. The van der Waals surface area contributed by atoms with Crippen LogP contribution in [0.25, 0.3) is 5.82 Å². The fourth-order valence-electron chi connectivity index (χ4n) is 3.35. The summed E-state index contributed by atoms with van der Waals surface area (Å²) < 4.78 is 12.7. The molecule has 30 heavy (non-hydrogen) atoms. The Balaban J connectivity index is 1.29. The number of piperazine rings is 1. The molecule has 0 bridgehead atoms. The molecular formula is C21H24N6O3. The third-order valence-corrected chi connectivity index (χ3v) is 5.07. The molecule has 1 aliphatic heterocycles. The first-order chi connectivity index (χ1) is 14.6. The number of ether oxygens (including phenoxy) is 2. The first-order valence-corrected chi connectivity index (χ1v) is 9.77. The molecule has 2 aromatic heterocycles. The molecule has 0 saturated carbocycles. The highest BCUT2D eigenvalue weighted by molar-refractivity contribution is 5.78. The van der Waals surface area contributed by atoms with E-state index in [1.165, 1.54) is 0 Å². The molecule has 3 aromatic rings. The lowest BCUT2D eigenvalue weighted by atomic mass is 10.3. The molecular weight excluding hydrogens is 384 g/mol. The number of anilines is 1. The molecule has 0 atom stereocenters. The van der Waals surface area contributed by atoms with Gasteiger partial charge in [0.2, 0.25) is 0 Å². The van der Waals surface area contributed by atoms with Gasteiger partial charge in [-0.25, -0.2) is 4.98 Å². The van der Waals surface area contributed by atoms with E-state index in [0.29, 0.717) is 37.7 Å². The molecule has 0 aliphatic carbocycles. The van der Waals surface area contributed by atoms with Crippen LogP contribution in [-0.4, -0.2) is 70.5 Å². The second-order valence-electron chi connectivity index (χ2n) is 6.93. The number of aryl methyl sites for hydroxylation is 1. The van der Waals surface area contributed by atoms with Crippen LogP contribution in [0, 0.1) is 6.92 Å². The third-order valence-electron chi connectivity index (χ3n) is 5.07.